The van der Waals surface area contributed by atoms with Crippen molar-refractivity contribution in [3.8, 4) is 5.69 Å². The second-order valence-corrected chi connectivity index (χ2v) is 9.76. The summed E-state index contributed by atoms with van der Waals surface area (Å²) in [6.45, 7) is 0. The Bertz CT molecular complexity index is 1150. The largest absolute Gasteiger partial charge is 0.434 e. The summed E-state index contributed by atoms with van der Waals surface area (Å²) in [5.74, 6) is -0.761. The number of aromatic nitrogens is 2. The first kappa shape index (κ1) is 25.3. The second kappa shape index (κ2) is 10.0. The van der Waals surface area contributed by atoms with E-state index in [9.17, 15) is 18.0 Å². The normalized spacial score (nSPS) is 20.7. The third-order valence-electron chi connectivity index (χ3n) is 6.93. The quantitative estimate of drug-likeness (QED) is 0.464. The van der Waals surface area contributed by atoms with Gasteiger partial charge in [-0.2, -0.15) is 18.3 Å². The minimum absolute atomic E-state index is 0.0564. The molecule has 0 atom stereocenters. The standard InChI is InChI=1S/C26H28ClF3N4O/c1-33(2)25(16-18-6-4-3-5-7-18)14-12-20(13-15-25)32-24(35)22-17-31-34(23(22)26(28,29)30)21-10-8-19(27)9-11-21/h3-11,17,20H,12-16H2,1-2H3,(H,32,35). The number of hydrogen-bond donors (Lipinski definition) is 1. The number of amides is 1. The van der Waals surface area contributed by atoms with Crippen LogP contribution in [0.2, 0.25) is 5.02 Å². The van der Waals surface area contributed by atoms with E-state index in [1.165, 1.54) is 29.8 Å². The van der Waals surface area contributed by atoms with Crippen LogP contribution in [0.4, 0.5) is 13.2 Å². The van der Waals surface area contributed by atoms with Crippen LogP contribution in [0.1, 0.15) is 47.3 Å². The zero-order chi connectivity index (χ0) is 25.2. The molecule has 2 aromatic carbocycles. The van der Waals surface area contributed by atoms with Gasteiger partial charge in [0, 0.05) is 16.6 Å². The highest BCUT2D eigenvalue weighted by atomic mass is 35.5. The predicted molar refractivity (Wildman–Crippen MR) is 130 cm³/mol. The number of halogens is 4. The Balaban J connectivity index is 1.49. The summed E-state index contributed by atoms with van der Waals surface area (Å²) in [6, 6.07) is 15.9. The van der Waals surface area contributed by atoms with Gasteiger partial charge in [-0.1, -0.05) is 41.9 Å². The van der Waals surface area contributed by atoms with Crippen LogP contribution in [0.15, 0.2) is 60.8 Å². The lowest BCUT2D eigenvalue weighted by Gasteiger charge is -2.45. The SMILES string of the molecule is CN(C)C1(Cc2ccccc2)CCC(NC(=O)c2cnn(-c3ccc(Cl)cc3)c2C(F)(F)F)CC1. The van der Waals surface area contributed by atoms with E-state index >= 15 is 0 Å². The molecule has 0 unspecified atom stereocenters. The molecule has 0 bridgehead atoms. The Morgan fingerprint density at radius 3 is 2.31 bits per heavy atom. The minimum atomic E-state index is -4.76. The van der Waals surface area contributed by atoms with E-state index in [1.807, 2.05) is 18.2 Å². The van der Waals surface area contributed by atoms with Crippen molar-refractivity contribution in [2.45, 2.75) is 49.9 Å². The first-order chi connectivity index (χ1) is 16.6. The van der Waals surface area contributed by atoms with Gasteiger partial charge in [0.2, 0.25) is 0 Å². The average Bonchev–Trinajstić information content (AvgIpc) is 3.28. The predicted octanol–water partition coefficient (Wildman–Crippen LogP) is 5.76. The fourth-order valence-corrected chi connectivity index (χ4v) is 5.01. The van der Waals surface area contributed by atoms with Gasteiger partial charge >= 0.3 is 6.18 Å². The molecule has 1 heterocycles. The van der Waals surface area contributed by atoms with Crippen molar-refractivity contribution in [1.82, 2.24) is 20.0 Å². The molecule has 0 spiro atoms. The lowest BCUT2D eigenvalue weighted by Crippen LogP contribution is -2.52. The van der Waals surface area contributed by atoms with Crippen molar-refractivity contribution < 1.29 is 18.0 Å². The van der Waals surface area contributed by atoms with Crippen LogP contribution >= 0.6 is 11.6 Å². The molecule has 0 saturated heterocycles. The van der Waals surface area contributed by atoms with Crippen LogP contribution < -0.4 is 5.32 Å². The molecule has 1 aliphatic rings. The molecule has 9 heteroatoms. The summed E-state index contributed by atoms with van der Waals surface area (Å²) >= 11 is 5.86. The lowest BCUT2D eigenvalue weighted by atomic mass is 9.75. The van der Waals surface area contributed by atoms with Gasteiger partial charge in [-0.05, 0) is 76.0 Å². The molecule has 35 heavy (non-hydrogen) atoms. The number of nitrogens with one attached hydrogen (secondary N) is 1. The third kappa shape index (κ3) is 5.54. The number of carbonyl (C=O) groups is 1. The number of likely N-dealkylation sites (N-methyl/N-ethyl adjacent to an activating group) is 1. The van der Waals surface area contributed by atoms with Crippen molar-refractivity contribution in [1.29, 1.82) is 0 Å². The maximum atomic E-state index is 14.0. The maximum absolute atomic E-state index is 14.0. The smallest absolute Gasteiger partial charge is 0.349 e. The second-order valence-electron chi connectivity index (χ2n) is 9.32. The van der Waals surface area contributed by atoms with Gasteiger partial charge in [-0.25, -0.2) is 4.68 Å². The van der Waals surface area contributed by atoms with E-state index in [0.717, 1.165) is 30.1 Å². The summed E-state index contributed by atoms with van der Waals surface area (Å²) in [7, 11) is 4.12. The van der Waals surface area contributed by atoms with Crippen molar-refractivity contribution in [3.05, 3.63) is 82.6 Å². The fourth-order valence-electron chi connectivity index (χ4n) is 4.89. The molecule has 0 radical (unpaired) electrons. The highest BCUT2D eigenvalue weighted by Crippen LogP contribution is 2.37. The van der Waals surface area contributed by atoms with Gasteiger partial charge in [0.25, 0.3) is 5.91 Å². The topological polar surface area (TPSA) is 50.2 Å². The molecule has 1 amide bonds. The van der Waals surface area contributed by atoms with Gasteiger partial charge in [0.15, 0.2) is 5.69 Å². The molecule has 1 aliphatic carbocycles. The molecule has 1 aromatic heterocycles. The molecule has 1 fully saturated rings. The molecule has 1 N–H and O–H groups in total. The molecule has 0 aliphatic heterocycles. The van der Waals surface area contributed by atoms with Crippen LogP contribution in [0, 0.1) is 0 Å². The molecule has 3 aromatic rings. The lowest BCUT2D eigenvalue weighted by molar-refractivity contribution is -0.143. The fraction of sp³-hybridized carbons (Fsp3) is 0.385. The zero-order valence-corrected chi connectivity index (χ0v) is 20.4. The Kier molecular flexibility index (Phi) is 7.24. The van der Waals surface area contributed by atoms with E-state index in [1.54, 1.807) is 0 Å². The van der Waals surface area contributed by atoms with Crippen LogP contribution in [0.3, 0.4) is 0 Å². The van der Waals surface area contributed by atoms with E-state index in [2.05, 4.69) is 41.5 Å². The van der Waals surface area contributed by atoms with Gasteiger partial charge in [0.05, 0.1) is 17.4 Å². The number of carbonyl (C=O) groups excluding carboxylic acids is 1. The summed E-state index contributed by atoms with van der Waals surface area (Å²) in [4.78, 5) is 15.2. The third-order valence-corrected chi connectivity index (χ3v) is 7.18. The Morgan fingerprint density at radius 1 is 1.11 bits per heavy atom. The van der Waals surface area contributed by atoms with Gasteiger partial charge in [-0.15, -0.1) is 0 Å². The molecule has 4 rings (SSSR count). The summed E-state index contributed by atoms with van der Waals surface area (Å²) in [6.07, 6.45) is 0.132. The van der Waals surface area contributed by atoms with Gasteiger partial charge < -0.3 is 10.2 Å². The van der Waals surface area contributed by atoms with Crippen molar-refractivity contribution in [2.24, 2.45) is 0 Å². The number of benzene rings is 2. The van der Waals surface area contributed by atoms with Crippen LogP contribution in [0.5, 0.6) is 0 Å². The highest BCUT2D eigenvalue weighted by Gasteiger charge is 2.42. The Hall–Kier alpha value is -2.84. The maximum Gasteiger partial charge on any atom is 0.434 e. The molecule has 1 saturated carbocycles. The molecular formula is C26H28ClF3N4O. The first-order valence-corrected chi connectivity index (χ1v) is 11.9. The molecule has 5 nitrogen and oxygen atoms in total. The summed E-state index contributed by atoms with van der Waals surface area (Å²) in [5, 5.41) is 7.10. The summed E-state index contributed by atoms with van der Waals surface area (Å²) < 4.78 is 42.7. The summed E-state index contributed by atoms with van der Waals surface area (Å²) in [5.41, 5.74) is -0.219. The van der Waals surface area contributed by atoms with Crippen molar-refractivity contribution in [3.63, 3.8) is 0 Å². The zero-order valence-electron chi connectivity index (χ0n) is 19.6. The van der Waals surface area contributed by atoms with Crippen LogP contribution in [0.25, 0.3) is 5.69 Å². The van der Waals surface area contributed by atoms with Crippen molar-refractivity contribution in [2.75, 3.05) is 14.1 Å². The highest BCUT2D eigenvalue weighted by molar-refractivity contribution is 6.30. The van der Waals surface area contributed by atoms with E-state index < -0.39 is 23.3 Å². The number of hydrogen-bond acceptors (Lipinski definition) is 3. The van der Waals surface area contributed by atoms with Gasteiger partial charge in [-0.3, -0.25) is 4.79 Å². The molecule has 186 valence electrons. The number of alkyl halides is 3. The van der Waals surface area contributed by atoms with Crippen molar-refractivity contribution >= 4 is 17.5 Å². The average molecular weight is 505 g/mol. The molecular weight excluding hydrogens is 477 g/mol. The van der Waals surface area contributed by atoms with E-state index in [0.29, 0.717) is 17.9 Å². The minimum Gasteiger partial charge on any atom is -0.349 e. The van der Waals surface area contributed by atoms with Crippen LogP contribution in [-0.2, 0) is 12.6 Å². The Morgan fingerprint density at radius 2 is 1.74 bits per heavy atom. The van der Waals surface area contributed by atoms with E-state index in [-0.39, 0.29) is 17.3 Å². The monoisotopic (exact) mass is 504 g/mol. The first-order valence-electron chi connectivity index (χ1n) is 11.5. The van der Waals surface area contributed by atoms with E-state index in [4.69, 9.17) is 11.6 Å². The number of nitrogens with zero attached hydrogens (tertiary/aromatic N) is 3. The number of rotatable bonds is 6. The van der Waals surface area contributed by atoms with Crippen LogP contribution in [-0.4, -0.2) is 46.3 Å². The van der Waals surface area contributed by atoms with Gasteiger partial charge in [0.1, 0.15) is 0 Å². The Labute approximate surface area is 207 Å².